The third kappa shape index (κ3) is 4.47. The van der Waals surface area contributed by atoms with Gasteiger partial charge in [-0.3, -0.25) is 4.79 Å². The first-order valence-corrected chi connectivity index (χ1v) is 5.80. The van der Waals surface area contributed by atoms with Crippen molar-refractivity contribution in [3.63, 3.8) is 0 Å². The van der Waals surface area contributed by atoms with Crippen LogP contribution in [0.1, 0.15) is 20.3 Å². The van der Waals surface area contributed by atoms with Crippen LogP contribution in [0.15, 0.2) is 0 Å². The molecule has 0 aromatic carbocycles. The number of nitrogens with one attached hydrogen (secondary N) is 1. The van der Waals surface area contributed by atoms with Crippen LogP contribution in [0.2, 0.25) is 0 Å². The van der Waals surface area contributed by atoms with Crippen LogP contribution in [0.25, 0.3) is 0 Å². The molecule has 0 aromatic rings. The summed E-state index contributed by atoms with van der Waals surface area (Å²) in [7, 11) is 1.43. The largest absolute Gasteiger partial charge is 0.468 e. The Balaban J connectivity index is 2.44. The lowest BCUT2D eigenvalue weighted by atomic mass is 10.0. The van der Waals surface area contributed by atoms with Crippen molar-refractivity contribution in [2.45, 2.75) is 26.3 Å². The third-order valence-electron chi connectivity index (χ3n) is 2.54. The number of methoxy groups -OCH3 is 1. The number of hydrazine groups is 1. The van der Waals surface area contributed by atoms with E-state index in [4.69, 9.17) is 9.47 Å². The summed E-state index contributed by atoms with van der Waals surface area (Å²) in [4.78, 5) is 11.6. The Hall–Kier alpha value is -0.650. The van der Waals surface area contributed by atoms with E-state index in [2.05, 4.69) is 19.3 Å². The van der Waals surface area contributed by atoms with E-state index in [0.717, 1.165) is 19.5 Å². The summed E-state index contributed by atoms with van der Waals surface area (Å²) in [5.74, 6) is 0.262. The summed E-state index contributed by atoms with van der Waals surface area (Å²) in [6, 6.07) is -0.247. The number of carbonyl (C=O) groups excluding carboxylic acids is 1. The minimum Gasteiger partial charge on any atom is -0.468 e. The van der Waals surface area contributed by atoms with Crippen molar-refractivity contribution >= 4 is 5.97 Å². The predicted molar refractivity (Wildman–Crippen MR) is 60.8 cm³/mol. The van der Waals surface area contributed by atoms with Crippen LogP contribution in [-0.4, -0.2) is 50.4 Å². The van der Waals surface area contributed by atoms with Crippen molar-refractivity contribution in [2.24, 2.45) is 5.92 Å². The maximum atomic E-state index is 11.6. The fourth-order valence-electron chi connectivity index (χ4n) is 1.73. The van der Waals surface area contributed by atoms with Gasteiger partial charge in [-0.1, -0.05) is 13.8 Å². The molecule has 0 unspecified atom stereocenters. The number of hydrogen-bond acceptors (Lipinski definition) is 5. The second kappa shape index (κ2) is 6.83. The smallest absolute Gasteiger partial charge is 0.324 e. The molecular formula is C11H22N2O3. The Morgan fingerprint density at radius 2 is 2.06 bits per heavy atom. The summed E-state index contributed by atoms with van der Waals surface area (Å²) >= 11 is 0. The van der Waals surface area contributed by atoms with E-state index in [1.54, 1.807) is 0 Å². The van der Waals surface area contributed by atoms with Crippen molar-refractivity contribution in [3.8, 4) is 0 Å². The Bertz CT molecular complexity index is 215. The van der Waals surface area contributed by atoms with Crippen LogP contribution in [-0.2, 0) is 14.3 Å². The molecule has 0 radical (unpaired) electrons. The molecule has 1 atom stereocenters. The highest BCUT2D eigenvalue weighted by Crippen LogP contribution is 2.07. The number of nitrogens with zero attached hydrogens (tertiary/aromatic N) is 1. The minimum absolute atomic E-state index is 0.194. The third-order valence-corrected chi connectivity index (χ3v) is 2.54. The average Bonchev–Trinajstić information content (AvgIpc) is 2.28. The van der Waals surface area contributed by atoms with E-state index in [-0.39, 0.29) is 12.0 Å². The van der Waals surface area contributed by atoms with Crippen molar-refractivity contribution < 1.29 is 14.3 Å². The molecular weight excluding hydrogens is 208 g/mol. The first kappa shape index (κ1) is 13.4. The number of carbonyl (C=O) groups is 1. The Labute approximate surface area is 97.1 Å². The molecule has 5 heteroatoms. The van der Waals surface area contributed by atoms with Crippen molar-refractivity contribution in [3.05, 3.63) is 0 Å². The molecule has 1 aliphatic rings. The van der Waals surface area contributed by atoms with Crippen LogP contribution in [0.5, 0.6) is 0 Å². The van der Waals surface area contributed by atoms with Crippen molar-refractivity contribution in [2.75, 3.05) is 33.4 Å². The Morgan fingerprint density at radius 3 is 2.56 bits per heavy atom. The van der Waals surface area contributed by atoms with Gasteiger partial charge in [0, 0.05) is 13.1 Å². The normalized spacial score (nSPS) is 19.8. The fraction of sp³-hybridized carbons (Fsp3) is 0.909. The lowest BCUT2D eigenvalue weighted by Crippen LogP contribution is -2.53. The summed E-state index contributed by atoms with van der Waals surface area (Å²) in [6.07, 6.45) is 0.782. The fourth-order valence-corrected chi connectivity index (χ4v) is 1.73. The molecule has 0 bridgehead atoms. The van der Waals surface area contributed by atoms with Crippen molar-refractivity contribution in [1.29, 1.82) is 0 Å². The van der Waals surface area contributed by atoms with Gasteiger partial charge in [-0.15, -0.1) is 0 Å². The number of morpholine rings is 1. The van der Waals surface area contributed by atoms with Gasteiger partial charge < -0.3 is 9.47 Å². The minimum atomic E-state index is -0.247. The highest BCUT2D eigenvalue weighted by Gasteiger charge is 2.23. The molecule has 1 saturated heterocycles. The van der Waals surface area contributed by atoms with Crippen LogP contribution >= 0.6 is 0 Å². The quantitative estimate of drug-likeness (QED) is 0.693. The lowest BCUT2D eigenvalue weighted by Gasteiger charge is -2.31. The average molecular weight is 230 g/mol. The highest BCUT2D eigenvalue weighted by atomic mass is 16.5. The first-order chi connectivity index (χ1) is 7.63. The van der Waals surface area contributed by atoms with Gasteiger partial charge in [0.2, 0.25) is 0 Å². The number of rotatable bonds is 5. The predicted octanol–water partition coefficient (Wildman–Crippen LogP) is 0.411. The van der Waals surface area contributed by atoms with Crippen LogP contribution in [0, 0.1) is 5.92 Å². The standard InChI is InChI=1S/C11H22N2O3/c1-9(2)8-10(11(14)15-3)12-13-4-6-16-7-5-13/h9-10,12H,4-8H2,1-3H3/t10-/m0/s1. The van der Waals surface area contributed by atoms with E-state index in [0.29, 0.717) is 19.1 Å². The summed E-state index contributed by atoms with van der Waals surface area (Å²) in [5.41, 5.74) is 3.22. The van der Waals surface area contributed by atoms with Gasteiger partial charge in [0.05, 0.1) is 20.3 Å². The molecule has 1 N–H and O–H groups in total. The van der Waals surface area contributed by atoms with Gasteiger partial charge in [0.1, 0.15) is 6.04 Å². The summed E-state index contributed by atoms with van der Waals surface area (Å²) < 4.78 is 10.0. The van der Waals surface area contributed by atoms with Gasteiger partial charge in [-0.25, -0.2) is 10.4 Å². The second-order valence-corrected chi connectivity index (χ2v) is 4.43. The molecule has 0 saturated carbocycles. The highest BCUT2D eigenvalue weighted by molar-refractivity contribution is 5.75. The first-order valence-electron chi connectivity index (χ1n) is 5.80. The zero-order valence-electron chi connectivity index (χ0n) is 10.4. The van der Waals surface area contributed by atoms with Crippen LogP contribution in [0.3, 0.4) is 0 Å². The molecule has 94 valence electrons. The SMILES string of the molecule is COC(=O)[C@H](CC(C)C)NN1CCOCC1. The molecule has 0 aromatic heterocycles. The molecule has 5 nitrogen and oxygen atoms in total. The Kier molecular flexibility index (Phi) is 5.73. The van der Waals surface area contributed by atoms with Gasteiger partial charge in [-0.2, -0.15) is 0 Å². The molecule has 1 aliphatic heterocycles. The molecule has 0 amide bonds. The molecule has 1 rings (SSSR count). The second-order valence-electron chi connectivity index (χ2n) is 4.43. The number of ether oxygens (including phenoxy) is 2. The zero-order valence-corrected chi connectivity index (χ0v) is 10.4. The molecule has 1 fully saturated rings. The van der Waals surface area contributed by atoms with Gasteiger partial charge in [0.25, 0.3) is 0 Å². The molecule has 1 heterocycles. The van der Waals surface area contributed by atoms with Gasteiger partial charge >= 0.3 is 5.97 Å². The zero-order chi connectivity index (χ0) is 12.0. The van der Waals surface area contributed by atoms with Gasteiger partial charge in [-0.05, 0) is 12.3 Å². The lowest BCUT2D eigenvalue weighted by molar-refractivity contribution is -0.146. The van der Waals surface area contributed by atoms with E-state index < -0.39 is 0 Å². The van der Waals surface area contributed by atoms with Crippen LogP contribution in [0.4, 0.5) is 0 Å². The number of esters is 1. The maximum absolute atomic E-state index is 11.6. The summed E-state index contributed by atoms with van der Waals surface area (Å²) in [5, 5.41) is 2.04. The molecule has 0 aliphatic carbocycles. The van der Waals surface area contributed by atoms with Crippen molar-refractivity contribution in [1.82, 2.24) is 10.4 Å². The maximum Gasteiger partial charge on any atom is 0.324 e. The monoisotopic (exact) mass is 230 g/mol. The van der Waals surface area contributed by atoms with E-state index >= 15 is 0 Å². The topological polar surface area (TPSA) is 50.8 Å². The molecule has 16 heavy (non-hydrogen) atoms. The molecule has 0 spiro atoms. The van der Waals surface area contributed by atoms with Crippen LogP contribution < -0.4 is 5.43 Å². The van der Waals surface area contributed by atoms with E-state index in [9.17, 15) is 4.79 Å². The summed E-state index contributed by atoms with van der Waals surface area (Å²) in [6.45, 7) is 7.23. The number of hydrogen-bond donors (Lipinski definition) is 1. The Morgan fingerprint density at radius 1 is 1.44 bits per heavy atom. The van der Waals surface area contributed by atoms with E-state index in [1.165, 1.54) is 7.11 Å². The van der Waals surface area contributed by atoms with Gasteiger partial charge in [0.15, 0.2) is 0 Å². The van der Waals surface area contributed by atoms with E-state index in [1.807, 2.05) is 5.01 Å².